The van der Waals surface area contributed by atoms with Crippen LogP contribution in [0.1, 0.15) is 53.9 Å². The van der Waals surface area contributed by atoms with Crippen LogP contribution in [0.15, 0.2) is 42.5 Å². The molecule has 1 aliphatic carbocycles. The summed E-state index contributed by atoms with van der Waals surface area (Å²) in [4.78, 5) is 12.9. The van der Waals surface area contributed by atoms with E-state index >= 15 is 0 Å². The lowest BCUT2D eigenvalue weighted by atomic mass is 9.91. The van der Waals surface area contributed by atoms with Crippen molar-refractivity contribution in [1.29, 1.82) is 0 Å². The summed E-state index contributed by atoms with van der Waals surface area (Å²) in [5.74, 6) is -0.463. The molecule has 166 valence electrons. The van der Waals surface area contributed by atoms with Crippen LogP contribution >= 0.6 is 0 Å². The topological polar surface area (TPSA) is 49.8 Å². The van der Waals surface area contributed by atoms with Crippen LogP contribution in [0.4, 0.5) is 13.2 Å². The molecule has 2 fully saturated rings. The van der Waals surface area contributed by atoms with Crippen molar-refractivity contribution in [3.05, 3.63) is 64.7 Å². The normalized spacial score (nSPS) is 18.2. The predicted molar refractivity (Wildman–Crippen MR) is 110 cm³/mol. The summed E-state index contributed by atoms with van der Waals surface area (Å²) in [5, 5.41) is 8.93. The van der Waals surface area contributed by atoms with Gasteiger partial charge in [0.25, 0.3) is 0 Å². The van der Waals surface area contributed by atoms with Gasteiger partial charge in [-0.2, -0.15) is 13.2 Å². The van der Waals surface area contributed by atoms with Crippen molar-refractivity contribution in [2.24, 2.45) is 5.92 Å². The molecule has 0 amide bonds. The van der Waals surface area contributed by atoms with Crippen molar-refractivity contribution < 1.29 is 27.8 Å². The van der Waals surface area contributed by atoms with Gasteiger partial charge >= 0.3 is 12.1 Å². The maximum Gasteiger partial charge on any atom is 0.416 e. The van der Waals surface area contributed by atoms with Crippen LogP contribution in [0.3, 0.4) is 0 Å². The Bertz CT molecular complexity index is 915. The molecule has 4 rings (SSSR count). The summed E-state index contributed by atoms with van der Waals surface area (Å²) in [6, 6.07) is 12.0. The monoisotopic (exact) mass is 433 g/mol. The highest BCUT2D eigenvalue weighted by Crippen LogP contribution is 2.42. The number of alkyl halides is 3. The molecule has 1 heterocycles. The average molecular weight is 433 g/mol. The van der Waals surface area contributed by atoms with Gasteiger partial charge in [-0.25, -0.2) is 0 Å². The Labute approximate surface area is 179 Å². The predicted octanol–water partition coefficient (Wildman–Crippen LogP) is 5.46. The van der Waals surface area contributed by atoms with E-state index in [2.05, 4.69) is 4.90 Å². The van der Waals surface area contributed by atoms with Crippen LogP contribution in [0.2, 0.25) is 0 Å². The lowest BCUT2D eigenvalue weighted by Crippen LogP contribution is -2.49. The molecular formula is C24H26F3NO3. The van der Waals surface area contributed by atoms with E-state index in [1.54, 1.807) is 24.3 Å². The Morgan fingerprint density at radius 2 is 1.68 bits per heavy atom. The van der Waals surface area contributed by atoms with E-state index in [-0.39, 0.29) is 18.4 Å². The fourth-order valence-corrected chi connectivity index (χ4v) is 4.50. The van der Waals surface area contributed by atoms with Gasteiger partial charge in [0.15, 0.2) is 0 Å². The Morgan fingerprint density at radius 1 is 1.03 bits per heavy atom. The second-order valence-corrected chi connectivity index (χ2v) is 8.56. The van der Waals surface area contributed by atoms with E-state index in [1.165, 1.54) is 6.07 Å². The number of carboxylic acid groups (broad SMARTS) is 1. The molecule has 1 N–H and O–H groups in total. The zero-order valence-corrected chi connectivity index (χ0v) is 17.2. The van der Waals surface area contributed by atoms with Crippen LogP contribution in [-0.2, 0) is 24.1 Å². The number of halogens is 3. The van der Waals surface area contributed by atoms with Gasteiger partial charge in [0.1, 0.15) is 12.4 Å². The van der Waals surface area contributed by atoms with Crippen molar-refractivity contribution in [3.8, 4) is 5.75 Å². The molecule has 2 aliphatic rings. The molecule has 0 bridgehead atoms. The molecule has 2 aromatic carbocycles. The first-order valence-corrected chi connectivity index (χ1v) is 10.7. The molecule has 0 spiro atoms. The quantitative estimate of drug-likeness (QED) is 0.630. The highest BCUT2D eigenvalue weighted by Gasteiger charge is 2.36. The first kappa shape index (κ1) is 21.7. The highest BCUT2D eigenvalue weighted by atomic mass is 19.4. The Balaban J connectivity index is 1.36. The van der Waals surface area contributed by atoms with E-state index in [4.69, 9.17) is 9.84 Å². The number of hydrogen-bond acceptors (Lipinski definition) is 3. The third-order valence-corrected chi connectivity index (χ3v) is 6.26. The van der Waals surface area contributed by atoms with Crippen molar-refractivity contribution in [2.45, 2.75) is 50.9 Å². The van der Waals surface area contributed by atoms with Gasteiger partial charge in [0.05, 0.1) is 11.5 Å². The van der Waals surface area contributed by atoms with Crippen molar-refractivity contribution in [3.63, 3.8) is 0 Å². The number of carbonyl (C=O) groups is 1. The molecule has 1 saturated heterocycles. The van der Waals surface area contributed by atoms with E-state index < -0.39 is 17.7 Å². The van der Waals surface area contributed by atoms with E-state index in [0.717, 1.165) is 31.2 Å². The number of benzene rings is 2. The van der Waals surface area contributed by atoms with Crippen LogP contribution in [-0.4, -0.2) is 29.1 Å². The zero-order chi connectivity index (χ0) is 22.0. The standard InChI is InChI=1S/C24H26F3NO3/c25-24(26,27)22-11-17(7-10-21(22)18-3-1-2-4-18)15-31-20-8-5-16(6-9-20)12-28-13-19(14-28)23(29)30/h5-11,18-19H,1-4,12-15H2,(H,29,30). The first-order chi connectivity index (χ1) is 14.8. The molecule has 0 aromatic heterocycles. The van der Waals surface area contributed by atoms with Gasteiger partial charge in [0.2, 0.25) is 0 Å². The summed E-state index contributed by atoms with van der Waals surface area (Å²) >= 11 is 0. The minimum atomic E-state index is -4.37. The first-order valence-electron chi connectivity index (χ1n) is 10.7. The van der Waals surface area contributed by atoms with Gasteiger partial charge in [0, 0.05) is 19.6 Å². The fourth-order valence-electron chi connectivity index (χ4n) is 4.50. The fraction of sp³-hybridized carbons (Fsp3) is 0.458. The summed E-state index contributed by atoms with van der Waals surface area (Å²) < 4.78 is 46.6. The Hall–Kier alpha value is -2.54. The number of carboxylic acids is 1. The zero-order valence-electron chi connectivity index (χ0n) is 17.2. The minimum Gasteiger partial charge on any atom is -0.489 e. The maximum absolute atomic E-state index is 13.6. The van der Waals surface area contributed by atoms with Gasteiger partial charge in [-0.15, -0.1) is 0 Å². The lowest BCUT2D eigenvalue weighted by Gasteiger charge is -2.36. The molecular weight excluding hydrogens is 407 g/mol. The van der Waals surface area contributed by atoms with E-state index in [1.807, 2.05) is 12.1 Å². The summed E-state index contributed by atoms with van der Waals surface area (Å²) in [6.45, 7) is 1.83. The molecule has 7 heteroatoms. The molecule has 31 heavy (non-hydrogen) atoms. The molecule has 0 atom stereocenters. The molecule has 1 saturated carbocycles. The summed E-state index contributed by atoms with van der Waals surface area (Å²) in [6.07, 6.45) is -0.757. The number of aliphatic carboxylic acids is 1. The third-order valence-electron chi connectivity index (χ3n) is 6.26. The van der Waals surface area contributed by atoms with Crippen LogP contribution < -0.4 is 4.74 Å². The number of likely N-dealkylation sites (tertiary alicyclic amines) is 1. The van der Waals surface area contributed by atoms with Gasteiger partial charge in [-0.05, 0) is 53.6 Å². The Kier molecular flexibility index (Phi) is 6.23. The van der Waals surface area contributed by atoms with Crippen LogP contribution in [0, 0.1) is 5.92 Å². The van der Waals surface area contributed by atoms with E-state index in [0.29, 0.717) is 36.5 Å². The van der Waals surface area contributed by atoms with Crippen LogP contribution in [0.5, 0.6) is 5.75 Å². The Morgan fingerprint density at radius 3 is 2.29 bits per heavy atom. The second-order valence-electron chi connectivity index (χ2n) is 8.56. The summed E-state index contributed by atoms with van der Waals surface area (Å²) in [7, 11) is 0. The largest absolute Gasteiger partial charge is 0.489 e. The molecule has 0 unspecified atom stereocenters. The van der Waals surface area contributed by atoms with Gasteiger partial charge in [-0.1, -0.05) is 37.1 Å². The average Bonchev–Trinajstić information content (AvgIpc) is 3.23. The molecule has 1 aliphatic heterocycles. The van der Waals surface area contributed by atoms with Gasteiger partial charge in [-0.3, -0.25) is 9.69 Å². The molecule has 4 nitrogen and oxygen atoms in total. The highest BCUT2D eigenvalue weighted by molar-refractivity contribution is 5.71. The van der Waals surface area contributed by atoms with Crippen molar-refractivity contribution in [1.82, 2.24) is 4.90 Å². The molecule has 2 aromatic rings. The SMILES string of the molecule is O=C(O)C1CN(Cc2ccc(OCc3ccc(C4CCCC4)c(C(F)(F)F)c3)cc2)C1. The van der Waals surface area contributed by atoms with Gasteiger partial charge < -0.3 is 9.84 Å². The number of ether oxygens (including phenoxy) is 1. The van der Waals surface area contributed by atoms with Crippen molar-refractivity contribution >= 4 is 5.97 Å². The molecule has 0 radical (unpaired) electrons. The van der Waals surface area contributed by atoms with E-state index in [9.17, 15) is 18.0 Å². The second kappa shape index (κ2) is 8.91. The van der Waals surface area contributed by atoms with Crippen LogP contribution in [0.25, 0.3) is 0 Å². The van der Waals surface area contributed by atoms with Crippen molar-refractivity contribution in [2.75, 3.05) is 13.1 Å². The lowest BCUT2D eigenvalue weighted by molar-refractivity contribution is -0.147. The smallest absolute Gasteiger partial charge is 0.416 e. The minimum absolute atomic E-state index is 0.00340. The number of rotatable bonds is 7. The number of hydrogen-bond donors (Lipinski definition) is 1. The maximum atomic E-state index is 13.6. The summed E-state index contributed by atoms with van der Waals surface area (Å²) in [5.41, 5.74) is 1.41. The number of nitrogens with zero attached hydrogens (tertiary/aromatic N) is 1. The third kappa shape index (κ3) is 5.21.